The maximum Gasteiger partial charge on any atom is 0.329 e. The van der Waals surface area contributed by atoms with Crippen molar-refractivity contribution in [1.29, 1.82) is 0 Å². The third-order valence-electron chi connectivity index (χ3n) is 5.35. The lowest BCUT2D eigenvalue weighted by Crippen LogP contribution is -2.45. The summed E-state index contributed by atoms with van der Waals surface area (Å²) in [5, 5.41) is 3.22. The monoisotopic (exact) mass is 429 g/mol. The van der Waals surface area contributed by atoms with Crippen LogP contribution >= 0.6 is 0 Å². The average molecular weight is 429 g/mol. The van der Waals surface area contributed by atoms with Crippen LogP contribution in [0.3, 0.4) is 0 Å². The van der Waals surface area contributed by atoms with Crippen molar-refractivity contribution < 1.29 is 9.53 Å². The predicted molar refractivity (Wildman–Crippen MR) is 123 cm³/mol. The van der Waals surface area contributed by atoms with E-state index in [4.69, 9.17) is 4.74 Å². The number of nitrogens with zero attached hydrogens (tertiary/aromatic N) is 1. The summed E-state index contributed by atoms with van der Waals surface area (Å²) < 4.78 is 6.17. The molecule has 1 atom stereocenters. The highest BCUT2D eigenvalue weighted by atomic mass is 16.5. The van der Waals surface area contributed by atoms with Gasteiger partial charge in [-0.2, -0.15) is 0 Å². The van der Waals surface area contributed by atoms with Gasteiger partial charge in [0, 0.05) is 13.0 Å². The molecule has 0 unspecified atom stereocenters. The van der Waals surface area contributed by atoms with Crippen molar-refractivity contribution in [2.24, 2.45) is 0 Å². The van der Waals surface area contributed by atoms with E-state index in [1.807, 2.05) is 54.6 Å². The van der Waals surface area contributed by atoms with Gasteiger partial charge < -0.3 is 15.0 Å². The smallest absolute Gasteiger partial charge is 0.329 e. The summed E-state index contributed by atoms with van der Waals surface area (Å²) in [6, 6.07) is 22.4. The number of methoxy groups -OCH3 is 1. The molecule has 0 aliphatic rings. The topological polar surface area (TPSA) is 93.2 Å². The quantitative estimate of drug-likeness (QED) is 0.472. The minimum atomic E-state index is -1.00. The van der Waals surface area contributed by atoms with Crippen molar-refractivity contribution in [3.8, 4) is 5.75 Å². The van der Waals surface area contributed by atoms with Gasteiger partial charge in [0.2, 0.25) is 5.91 Å². The first kappa shape index (κ1) is 21.1. The molecule has 1 aromatic heterocycles. The van der Waals surface area contributed by atoms with Crippen molar-refractivity contribution >= 4 is 16.8 Å². The van der Waals surface area contributed by atoms with Crippen LogP contribution in [0.1, 0.15) is 17.2 Å². The molecule has 162 valence electrons. The van der Waals surface area contributed by atoms with Crippen molar-refractivity contribution in [1.82, 2.24) is 14.9 Å². The summed E-state index contributed by atoms with van der Waals surface area (Å²) in [6.45, 7) is 0.258. The van der Waals surface area contributed by atoms with E-state index >= 15 is 0 Å². The Morgan fingerprint density at radius 2 is 1.62 bits per heavy atom. The molecule has 0 saturated carbocycles. The van der Waals surface area contributed by atoms with Crippen LogP contribution in [0.5, 0.6) is 5.75 Å². The van der Waals surface area contributed by atoms with Gasteiger partial charge in [0.15, 0.2) is 0 Å². The Kier molecular flexibility index (Phi) is 6.17. The van der Waals surface area contributed by atoms with Gasteiger partial charge in [0.25, 0.3) is 5.56 Å². The van der Waals surface area contributed by atoms with Crippen molar-refractivity contribution in [2.75, 3.05) is 7.11 Å². The van der Waals surface area contributed by atoms with Crippen LogP contribution in [-0.4, -0.2) is 22.6 Å². The standard InChI is InChI=1S/C25H23N3O4/c1-32-19-13-11-18(12-14-19)16-26-23(29)22(15-17-7-3-2-4-8-17)28-24(30)20-9-5-6-10-21(20)27-25(28)31/h2-14,22H,15-16H2,1H3,(H,26,29)(H,27,31)/t22-/m1/s1. The number of ether oxygens (including phenoxy) is 1. The maximum absolute atomic E-state index is 13.2. The van der Waals surface area contributed by atoms with E-state index in [2.05, 4.69) is 10.3 Å². The maximum atomic E-state index is 13.2. The number of hydrogen-bond acceptors (Lipinski definition) is 4. The van der Waals surface area contributed by atoms with Crippen LogP contribution in [0.2, 0.25) is 0 Å². The average Bonchev–Trinajstić information content (AvgIpc) is 2.83. The van der Waals surface area contributed by atoms with E-state index in [-0.39, 0.29) is 13.0 Å². The fraction of sp³-hybridized carbons (Fsp3) is 0.160. The van der Waals surface area contributed by atoms with E-state index in [0.29, 0.717) is 10.9 Å². The van der Waals surface area contributed by atoms with Crippen LogP contribution in [0.25, 0.3) is 10.9 Å². The molecule has 0 saturated heterocycles. The zero-order valence-corrected chi connectivity index (χ0v) is 17.6. The molecule has 0 radical (unpaired) electrons. The molecular formula is C25H23N3O4. The molecule has 3 aromatic carbocycles. The van der Waals surface area contributed by atoms with Crippen LogP contribution < -0.4 is 21.3 Å². The summed E-state index contributed by atoms with van der Waals surface area (Å²) in [7, 11) is 1.59. The van der Waals surface area contributed by atoms with Crippen molar-refractivity contribution in [3.05, 3.63) is 111 Å². The number of benzene rings is 3. The highest BCUT2D eigenvalue weighted by Crippen LogP contribution is 2.15. The molecular weight excluding hydrogens is 406 g/mol. The van der Waals surface area contributed by atoms with E-state index in [9.17, 15) is 14.4 Å². The molecule has 0 bridgehead atoms. The second-order valence-electron chi connectivity index (χ2n) is 7.42. The first-order chi connectivity index (χ1) is 15.6. The number of carbonyl (C=O) groups is 1. The van der Waals surface area contributed by atoms with Gasteiger partial charge in [0.1, 0.15) is 11.8 Å². The highest BCUT2D eigenvalue weighted by molar-refractivity contribution is 5.82. The Labute approximate surface area is 184 Å². The lowest BCUT2D eigenvalue weighted by molar-refractivity contribution is -0.124. The Bertz CT molecular complexity index is 1340. The van der Waals surface area contributed by atoms with E-state index in [1.54, 1.807) is 31.4 Å². The first-order valence-electron chi connectivity index (χ1n) is 10.2. The summed E-state index contributed by atoms with van der Waals surface area (Å²) in [5.74, 6) is 0.309. The van der Waals surface area contributed by atoms with E-state index in [1.165, 1.54) is 0 Å². The molecule has 2 N–H and O–H groups in total. The molecule has 1 amide bonds. The second-order valence-corrected chi connectivity index (χ2v) is 7.42. The minimum Gasteiger partial charge on any atom is -0.497 e. The number of nitrogens with one attached hydrogen (secondary N) is 2. The number of hydrogen-bond donors (Lipinski definition) is 2. The molecule has 0 aliphatic carbocycles. The zero-order chi connectivity index (χ0) is 22.5. The van der Waals surface area contributed by atoms with Gasteiger partial charge in [-0.25, -0.2) is 9.36 Å². The Hall–Kier alpha value is -4.13. The first-order valence-corrected chi connectivity index (χ1v) is 10.2. The van der Waals surface area contributed by atoms with Crippen LogP contribution in [-0.2, 0) is 17.8 Å². The number of aromatic amines is 1. The van der Waals surface area contributed by atoms with Crippen molar-refractivity contribution in [2.45, 2.75) is 19.0 Å². The van der Waals surface area contributed by atoms with Gasteiger partial charge >= 0.3 is 5.69 Å². The highest BCUT2D eigenvalue weighted by Gasteiger charge is 2.25. The molecule has 0 spiro atoms. The Morgan fingerprint density at radius 1 is 0.938 bits per heavy atom. The normalized spacial score (nSPS) is 11.8. The summed E-state index contributed by atoms with van der Waals surface area (Å²) in [4.78, 5) is 42.0. The molecule has 32 heavy (non-hydrogen) atoms. The predicted octanol–water partition coefficient (Wildman–Crippen LogP) is 2.80. The van der Waals surface area contributed by atoms with Gasteiger partial charge in [-0.3, -0.25) is 9.59 Å². The molecule has 0 fully saturated rings. The van der Waals surface area contributed by atoms with E-state index in [0.717, 1.165) is 21.4 Å². The van der Waals surface area contributed by atoms with E-state index < -0.39 is 23.2 Å². The molecule has 7 nitrogen and oxygen atoms in total. The number of para-hydroxylation sites is 1. The Morgan fingerprint density at radius 3 is 2.34 bits per heavy atom. The second kappa shape index (κ2) is 9.34. The van der Waals surface area contributed by atoms with Crippen LogP contribution in [0.15, 0.2) is 88.5 Å². The third kappa shape index (κ3) is 4.46. The third-order valence-corrected chi connectivity index (χ3v) is 5.35. The fourth-order valence-corrected chi connectivity index (χ4v) is 3.65. The van der Waals surface area contributed by atoms with Crippen LogP contribution in [0.4, 0.5) is 0 Å². The summed E-state index contributed by atoms with van der Waals surface area (Å²) >= 11 is 0. The van der Waals surface area contributed by atoms with Gasteiger partial charge in [0.05, 0.1) is 18.0 Å². The Balaban J connectivity index is 1.69. The summed E-state index contributed by atoms with van der Waals surface area (Å²) in [6.07, 6.45) is 0.205. The lowest BCUT2D eigenvalue weighted by atomic mass is 10.0. The molecule has 7 heteroatoms. The fourth-order valence-electron chi connectivity index (χ4n) is 3.65. The largest absolute Gasteiger partial charge is 0.497 e. The van der Waals surface area contributed by atoms with Gasteiger partial charge in [-0.15, -0.1) is 0 Å². The van der Waals surface area contributed by atoms with Gasteiger partial charge in [-0.05, 0) is 35.4 Å². The SMILES string of the molecule is COc1ccc(CNC(=O)[C@@H](Cc2ccccc2)n2c(=O)[nH]c3ccccc3c2=O)cc1. The number of carbonyl (C=O) groups excluding carboxylic acids is 1. The van der Waals surface area contributed by atoms with Gasteiger partial charge in [-0.1, -0.05) is 54.6 Å². The molecule has 4 aromatic rings. The zero-order valence-electron chi connectivity index (χ0n) is 17.6. The lowest BCUT2D eigenvalue weighted by Gasteiger charge is -2.19. The number of rotatable bonds is 7. The summed E-state index contributed by atoms with van der Waals surface area (Å²) in [5.41, 5.74) is 1.05. The molecule has 1 heterocycles. The number of H-pyrrole nitrogens is 1. The van der Waals surface area contributed by atoms with Crippen molar-refractivity contribution in [3.63, 3.8) is 0 Å². The van der Waals surface area contributed by atoms with Crippen LogP contribution in [0, 0.1) is 0 Å². The molecule has 0 aliphatic heterocycles. The number of aromatic nitrogens is 2. The number of amides is 1. The molecule has 4 rings (SSSR count). The number of fused-ring (bicyclic) bond motifs is 1. The minimum absolute atomic E-state index is 0.205.